The van der Waals surface area contributed by atoms with Gasteiger partial charge < -0.3 is 9.80 Å². The normalized spacial score (nSPS) is 17.3. The first-order valence-corrected chi connectivity index (χ1v) is 10.3. The fourth-order valence-electron chi connectivity index (χ4n) is 4.00. The standard InChI is InChI=1S/C20H31ClN6/c1-6-7-17(19-22-23-24-27(19)20(3,4)5)25-10-12-26(13-11-25)18-14-16(21)9-8-15(18)2/h8-9,14,17H,6-7,10-13H2,1-5H3/p+1/t17-/m1/s1. The Morgan fingerprint density at radius 1 is 1.22 bits per heavy atom. The molecule has 0 amide bonds. The van der Waals surface area contributed by atoms with Gasteiger partial charge in [0.1, 0.15) is 6.04 Å². The highest BCUT2D eigenvalue weighted by molar-refractivity contribution is 6.30. The Hall–Kier alpha value is -1.66. The molecule has 2 heterocycles. The summed E-state index contributed by atoms with van der Waals surface area (Å²) in [5.41, 5.74) is 2.43. The number of rotatable bonds is 5. The SMILES string of the molecule is CCC[C@H](c1nnnn1C(C)(C)C)[NH+]1CCN(c2cc(Cl)ccc2C)CC1. The Kier molecular flexibility index (Phi) is 6.06. The molecule has 27 heavy (non-hydrogen) atoms. The van der Waals surface area contributed by atoms with E-state index in [9.17, 15) is 0 Å². The molecule has 3 rings (SSSR count). The number of aromatic nitrogens is 4. The number of benzene rings is 1. The van der Waals surface area contributed by atoms with Crippen LogP contribution in [0, 0.1) is 6.92 Å². The molecule has 1 saturated heterocycles. The summed E-state index contributed by atoms with van der Waals surface area (Å²) >= 11 is 6.23. The molecule has 7 heteroatoms. The molecule has 1 aromatic carbocycles. The van der Waals surface area contributed by atoms with Crippen LogP contribution in [0.5, 0.6) is 0 Å². The molecule has 1 atom stereocenters. The molecule has 1 fully saturated rings. The summed E-state index contributed by atoms with van der Waals surface area (Å²) < 4.78 is 2.01. The van der Waals surface area contributed by atoms with Gasteiger partial charge in [0, 0.05) is 17.1 Å². The maximum atomic E-state index is 6.23. The summed E-state index contributed by atoms with van der Waals surface area (Å²) in [4.78, 5) is 4.04. The molecular weight excluding hydrogens is 360 g/mol. The molecular formula is C20H32ClN6+. The van der Waals surface area contributed by atoms with E-state index in [1.165, 1.54) is 11.3 Å². The van der Waals surface area contributed by atoms with Gasteiger partial charge in [0.25, 0.3) is 0 Å². The van der Waals surface area contributed by atoms with Crippen LogP contribution in [0.15, 0.2) is 18.2 Å². The lowest BCUT2D eigenvalue weighted by Crippen LogP contribution is -3.15. The number of aryl methyl sites for hydroxylation is 1. The second kappa shape index (κ2) is 8.15. The van der Waals surface area contributed by atoms with Crippen LogP contribution in [-0.2, 0) is 5.54 Å². The van der Waals surface area contributed by atoms with E-state index in [1.54, 1.807) is 4.90 Å². The van der Waals surface area contributed by atoms with Gasteiger partial charge in [-0.25, -0.2) is 4.68 Å². The molecule has 0 bridgehead atoms. The molecule has 0 radical (unpaired) electrons. The van der Waals surface area contributed by atoms with Gasteiger partial charge in [-0.3, -0.25) is 0 Å². The lowest BCUT2D eigenvalue weighted by atomic mass is 10.0. The van der Waals surface area contributed by atoms with Crippen molar-refractivity contribution in [1.82, 2.24) is 20.2 Å². The van der Waals surface area contributed by atoms with Crippen molar-refractivity contribution in [3.8, 4) is 0 Å². The highest BCUT2D eigenvalue weighted by Gasteiger charge is 2.34. The highest BCUT2D eigenvalue weighted by Crippen LogP contribution is 2.25. The van der Waals surface area contributed by atoms with E-state index in [2.05, 4.69) is 67.2 Å². The van der Waals surface area contributed by atoms with Gasteiger partial charge >= 0.3 is 0 Å². The van der Waals surface area contributed by atoms with Crippen molar-refractivity contribution in [3.63, 3.8) is 0 Å². The zero-order valence-corrected chi connectivity index (χ0v) is 17.9. The van der Waals surface area contributed by atoms with Crippen LogP contribution < -0.4 is 9.80 Å². The third-order valence-corrected chi connectivity index (χ3v) is 5.66. The minimum Gasteiger partial charge on any atom is -0.360 e. The Morgan fingerprint density at radius 2 is 1.93 bits per heavy atom. The van der Waals surface area contributed by atoms with E-state index in [4.69, 9.17) is 11.6 Å². The number of nitrogens with zero attached hydrogens (tertiary/aromatic N) is 5. The van der Waals surface area contributed by atoms with Crippen molar-refractivity contribution >= 4 is 17.3 Å². The van der Waals surface area contributed by atoms with Gasteiger partial charge in [-0.15, -0.1) is 5.10 Å². The molecule has 0 spiro atoms. The van der Waals surface area contributed by atoms with Crippen LogP contribution in [0.1, 0.15) is 58.0 Å². The van der Waals surface area contributed by atoms with Crippen LogP contribution in [0.4, 0.5) is 5.69 Å². The van der Waals surface area contributed by atoms with E-state index in [1.807, 2.05) is 10.7 Å². The zero-order valence-electron chi connectivity index (χ0n) is 17.2. The largest absolute Gasteiger partial charge is 0.360 e. The van der Waals surface area contributed by atoms with Crippen molar-refractivity contribution in [2.75, 3.05) is 31.1 Å². The van der Waals surface area contributed by atoms with Crippen molar-refractivity contribution in [1.29, 1.82) is 0 Å². The average molecular weight is 392 g/mol. The summed E-state index contributed by atoms with van der Waals surface area (Å²) in [5.74, 6) is 1.02. The van der Waals surface area contributed by atoms with Gasteiger partial charge in [0.05, 0.1) is 31.7 Å². The van der Waals surface area contributed by atoms with Crippen molar-refractivity contribution in [2.45, 2.75) is 59.0 Å². The fourth-order valence-corrected chi connectivity index (χ4v) is 4.17. The van der Waals surface area contributed by atoms with Crippen molar-refractivity contribution < 1.29 is 4.90 Å². The van der Waals surface area contributed by atoms with E-state index >= 15 is 0 Å². The van der Waals surface area contributed by atoms with Crippen LogP contribution in [0.25, 0.3) is 0 Å². The first-order chi connectivity index (χ1) is 12.8. The van der Waals surface area contributed by atoms with Gasteiger partial charge in [0.15, 0.2) is 0 Å². The topological polar surface area (TPSA) is 51.3 Å². The van der Waals surface area contributed by atoms with Gasteiger partial charge in [0.2, 0.25) is 5.82 Å². The van der Waals surface area contributed by atoms with Crippen LogP contribution in [0.2, 0.25) is 5.02 Å². The molecule has 1 aliphatic rings. The Bertz CT molecular complexity index is 758. The molecule has 0 unspecified atom stereocenters. The lowest BCUT2D eigenvalue weighted by Gasteiger charge is -2.38. The lowest BCUT2D eigenvalue weighted by molar-refractivity contribution is -0.933. The van der Waals surface area contributed by atoms with Crippen LogP contribution >= 0.6 is 11.6 Å². The second-order valence-electron chi connectivity index (χ2n) is 8.54. The second-order valence-corrected chi connectivity index (χ2v) is 8.97. The van der Waals surface area contributed by atoms with E-state index < -0.39 is 0 Å². The number of hydrogen-bond acceptors (Lipinski definition) is 4. The number of hydrogen-bond donors (Lipinski definition) is 1. The van der Waals surface area contributed by atoms with Gasteiger partial charge in [-0.2, -0.15) is 0 Å². The molecule has 0 aliphatic carbocycles. The number of piperazine rings is 1. The zero-order chi connectivity index (χ0) is 19.6. The van der Waals surface area contributed by atoms with E-state index in [0.29, 0.717) is 6.04 Å². The Balaban J connectivity index is 1.76. The van der Waals surface area contributed by atoms with Crippen molar-refractivity contribution in [2.24, 2.45) is 0 Å². The fraction of sp³-hybridized carbons (Fsp3) is 0.650. The highest BCUT2D eigenvalue weighted by atomic mass is 35.5. The maximum absolute atomic E-state index is 6.23. The average Bonchev–Trinajstić information content (AvgIpc) is 3.12. The molecule has 1 N–H and O–H groups in total. The summed E-state index contributed by atoms with van der Waals surface area (Å²) in [6.07, 6.45) is 2.23. The summed E-state index contributed by atoms with van der Waals surface area (Å²) in [7, 11) is 0. The summed E-state index contributed by atoms with van der Waals surface area (Å²) in [6.45, 7) is 15.1. The molecule has 1 aliphatic heterocycles. The van der Waals surface area contributed by atoms with Gasteiger partial charge in [-0.1, -0.05) is 31.0 Å². The van der Waals surface area contributed by atoms with E-state index in [-0.39, 0.29) is 5.54 Å². The first-order valence-electron chi connectivity index (χ1n) is 9.95. The van der Waals surface area contributed by atoms with Crippen molar-refractivity contribution in [3.05, 3.63) is 34.6 Å². The number of quaternary nitrogens is 1. The molecule has 148 valence electrons. The molecule has 6 nitrogen and oxygen atoms in total. The third kappa shape index (κ3) is 4.43. The predicted octanol–water partition coefficient (Wildman–Crippen LogP) is 2.64. The number of halogens is 1. The number of anilines is 1. The monoisotopic (exact) mass is 391 g/mol. The number of nitrogens with one attached hydrogen (secondary N) is 1. The summed E-state index contributed by atoms with van der Waals surface area (Å²) in [6, 6.07) is 6.50. The van der Waals surface area contributed by atoms with Crippen LogP contribution in [0.3, 0.4) is 0 Å². The first kappa shape index (κ1) is 20.1. The quantitative estimate of drug-likeness (QED) is 0.851. The number of tetrazole rings is 1. The van der Waals surface area contributed by atoms with Gasteiger partial charge in [-0.05, 0) is 55.8 Å². The predicted molar refractivity (Wildman–Crippen MR) is 110 cm³/mol. The summed E-state index contributed by atoms with van der Waals surface area (Å²) in [5, 5.41) is 13.5. The Morgan fingerprint density at radius 3 is 2.56 bits per heavy atom. The minimum absolute atomic E-state index is 0.107. The minimum atomic E-state index is -0.107. The molecule has 0 saturated carbocycles. The maximum Gasteiger partial charge on any atom is 0.209 e. The Labute approximate surface area is 167 Å². The van der Waals surface area contributed by atoms with Crippen LogP contribution in [-0.4, -0.2) is 46.4 Å². The molecule has 1 aromatic heterocycles. The molecule has 2 aromatic rings. The smallest absolute Gasteiger partial charge is 0.209 e. The van der Waals surface area contributed by atoms with E-state index in [0.717, 1.165) is 49.9 Å². The third-order valence-electron chi connectivity index (χ3n) is 5.43.